The van der Waals surface area contributed by atoms with E-state index < -0.39 is 0 Å². The molecule has 1 aromatic rings. The number of rotatable bonds is 3. The Labute approximate surface area is 116 Å². The predicted molar refractivity (Wildman–Crippen MR) is 78.1 cm³/mol. The first-order valence-electron chi connectivity index (χ1n) is 6.93. The molecule has 1 aliphatic carbocycles. The molecule has 0 radical (unpaired) electrons. The molecule has 1 N–H and O–H groups in total. The molecule has 0 bridgehead atoms. The van der Waals surface area contributed by atoms with E-state index in [0.29, 0.717) is 5.41 Å². The molecule has 1 saturated carbocycles. The summed E-state index contributed by atoms with van der Waals surface area (Å²) in [6.45, 7) is 2.32. The van der Waals surface area contributed by atoms with Crippen LogP contribution in [0.5, 0.6) is 5.75 Å². The number of hydrogen-bond acceptors (Lipinski definition) is 3. The zero-order chi connectivity index (χ0) is 14.1. The lowest BCUT2D eigenvalue weighted by atomic mass is 9.77. The van der Waals surface area contributed by atoms with Gasteiger partial charge in [-0.1, -0.05) is 31.9 Å². The zero-order valence-electron chi connectivity index (χ0n) is 12.2. The molecule has 19 heavy (non-hydrogen) atoms. The van der Waals surface area contributed by atoms with Gasteiger partial charge in [-0.25, -0.2) is 0 Å². The Morgan fingerprint density at radius 1 is 1.26 bits per heavy atom. The number of ether oxygens (including phenoxy) is 1. The minimum absolute atomic E-state index is 0.465. The van der Waals surface area contributed by atoms with Crippen LogP contribution < -0.4 is 10.1 Å². The van der Waals surface area contributed by atoms with Gasteiger partial charge >= 0.3 is 0 Å². The van der Waals surface area contributed by atoms with Crippen LogP contribution >= 0.6 is 0 Å². The van der Waals surface area contributed by atoms with Gasteiger partial charge < -0.3 is 10.1 Å². The molecule has 0 unspecified atom stereocenters. The van der Waals surface area contributed by atoms with Gasteiger partial charge in [0.05, 0.1) is 7.11 Å². The molecule has 0 saturated heterocycles. The molecule has 0 aromatic heterocycles. The highest BCUT2D eigenvalue weighted by molar-refractivity contribution is 5.33. The topological polar surface area (TPSA) is 45.0 Å². The molecule has 1 aromatic carbocycles. The molecular weight excluding hydrogens is 236 g/mol. The molecule has 104 valence electrons. The Morgan fingerprint density at radius 3 is 2.16 bits per heavy atom. The van der Waals surface area contributed by atoms with Crippen molar-refractivity contribution in [1.29, 1.82) is 5.26 Å². The van der Waals surface area contributed by atoms with Gasteiger partial charge in [-0.15, -0.1) is 0 Å². The van der Waals surface area contributed by atoms with E-state index in [9.17, 15) is 0 Å². The molecule has 3 nitrogen and oxygen atoms in total. The summed E-state index contributed by atoms with van der Waals surface area (Å²) in [7, 11) is 3.29. The average molecular weight is 260 g/mol. The highest BCUT2D eigenvalue weighted by Crippen LogP contribution is 2.43. The van der Waals surface area contributed by atoms with Crippen LogP contribution in [0.2, 0.25) is 0 Å². The Bertz CT molecular complexity index is 400. The standard InChI is InChI=1S/C14H20O.C2H4N2/c1-3-14(10-4-5-11-14)12-6-8-13(15-2)9-7-12;1-4-2-3/h6-9H,3-5,10-11H2,1-2H3;4H,1H3. The second-order valence-corrected chi connectivity index (χ2v) is 4.93. The fourth-order valence-electron chi connectivity index (χ4n) is 2.84. The third-order valence-electron chi connectivity index (χ3n) is 4.05. The lowest BCUT2D eigenvalue weighted by molar-refractivity contribution is 0.409. The number of nitriles is 1. The molecule has 0 amide bonds. The van der Waals surface area contributed by atoms with Crippen LogP contribution in [0, 0.1) is 11.5 Å². The van der Waals surface area contributed by atoms with Gasteiger partial charge in [0.1, 0.15) is 5.75 Å². The first-order chi connectivity index (χ1) is 9.22. The summed E-state index contributed by atoms with van der Waals surface area (Å²) in [5.41, 5.74) is 1.97. The van der Waals surface area contributed by atoms with Crippen LogP contribution in [0.3, 0.4) is 0 Å². The fourth-order valence-corrected chi connectivity index (χ4v) is 2.84. The maximum absolute atomic E-state index is 7.51. The normalized spacial score (nSPS) is 15.9. The van der Waals surface area contributed by atoms with Crippen molar-refractivity contribution in [2.24, 2.45) is 0 Å². The Morgan fingerprint density at radius 2 is 1.79 bits per heavy atom. The SMILES string of the molecule is CCC1(c2ccc(OC)cc2)CCCC1.CNC#N. The number of benzene rings is 1. The van der Waals surface area contributed by atoms with Gasteiger partial charge in [0.15, 0.2) is 6.19 Å². The summed E-state index contributed by atoms with van der Waals surface area (Å²) in [4.78, 5) is 0. The van der Waals surface area contributed by atoms with Crippen molar-refractivity contribution in [2.45, 2.75) is 44.4 Å². The molecule has 0 aliphatic heterocycles. The summed E-state index contributed by atoms with van der Waals surface area (Å²) >= 11 is 0. The molecule has 1 aliphatic rings. The van der Waals surface area contributed by atoms with E-state index in [2.05, 4.69) is 36.5 Å². The van der Waals surface area contributed by atoms with Crippen LogP contribution in [0.15, 0.2) is 24.3 Å². The summed E-state index contributed by atoms with van der Waals surface area (Å²) in [6.07, 6.45) is 8.44. The van der Waals surface area contributed by atoms with Gasteiger partial charge in [-0.2, -0.15) is 5.26 Å². The van der Waals surface area contributed by atoms with Crippen molar-refractivity contribution < 1.29 is 4.74 Å². The quantitative estimate of drug-likeness (QED) is 0.667. The van der Waals surface area contributed by atoms with Crippen LogP contribution in [0.1, 0.15) is 44.6 Å². The lowest BCUT2D eigenvalue weighted by Gasteiger charge is -2.28. The summed E-state index contributed by atoms with van der Waals surface area (Å²) < 4.78 is 5.20. The third kappa shape index (κ3) is 3.89. The number of nitrogens with one attached hydrogen (secondary N) is 1. The molecule has 1 fully saturated rings. The first kappa shape index (κ1) is 15.4. The molecule has 0 heterocycles. The highest BCUT2D eigenvalue weighted by Gasteiger charge is 2.33. The molecule has 0 spiro atoms. The molecule has 3 heteroatoms. The van der Waals surface area contributed by atoms with E-state index >= 15 is 0 Å². The van der Waals surface area contributed by atoms with E-state index in [0.717, 1.165) is 5.75 Å². The summed E-state index contributed by atoms with van der Waals surface area (Å²) in [6, 6.07) is 8.66. The van der Waals surface area contributed by atoms with E-state index in [1.165, 1.54) is 37.7 Å². The monoisotopic (exact) mass is 260 g/mol. The Kier molecular flexibility index (Phi) is 6.21. The van der Waals surface area contributed by atoms with Crippen LogP contribution in [0.4, 0.5) is 0 Å². The van der Waals surface area contributed by atoms with Gasteiger partial charge in [0.25, 0.3) is 0 Å². The lowest BCUT2D eigenvalue weighted by Crippen LogP contribution is -2.20. The van der Waals surface area contributed by atoms with Crippen LogP contribution in [-0.4, -0.2) is 14.2 Å². The predicted octanol–water partition coefficient (Wildman–Crippen LogP) is 3.60. The average Bonchev–Trinajstić information content (AvgIpc) is 2.98. The van der Waals surface area contributed by atoms with Crippen molar-refractivity contribution in [2.75, 3.05) is 14.2 Å². The second kappa shape index (κ2) is 7.68. The molecule has 0 atom stereocenters. The van der Waals surface area contributed by atoms with Crippen molar-refractivity contribution in [1.82, 2.24) is 5.32 Å². The summed E-state index contributed by atoms with van der Waals surface area (Å²) in [5.74, 6) is 0.961. The fraction of sp³-hybridized carbons (Fsp3) is 0.562. The minimum Gasteiger partial charge on any atom is -0.497 e. The minimum atomic E-state index is 0.465. The smallest absolute Gasteiger partial charge is 0.176 e. The first-order valence-corrected chi connectivity index (χ1v) is 6.93. The maximum Gasteiger partial charge on any atom is 0.176 e. The number of hydrogen-bond donors (Lipinski definition) is 1. The largest absolute Gasteiger partial charge is 0.497 e. The van der Waals surface area contributed by atoms with Crippen molar-refractivity contribution >= 4 is 0 Å². The molecule has 2 rings (SSSR count). The zero-order valence-corrected chi connectivity index (χ0v) is 12.2. The van der Waals surface area contributed by atoms with Gasteiger partial charge in [0, 0.05) is 7.05 Å². The third-order valence-corrected chi connectivity index (χ3v) is 4.05. The maximum atomic E-state index is 7.51. The van der Waals surface area contributed by atoms with E-state index in [4.69, 9.17) is 10.00 Å². The van der Waals surface area contributed by atoms with Crippen molar-refractivity contribution in [3.05, 3.63) is 29.8 Å². The van der Waals surface area contributed by atoms with E-state index in [1.54, 1.807) is 20.4 Å². The van der Waals surface area contributed by atoms with Crippen LogP contribution in [0.25, 0.3) is 0 Å². The van der Waals surface area contributed by atoms with Gasteiger partial charge in [-0.3, -0.25) is 0 Å². The van der Waals surface area contributed by atoms with Crippen molar-refractivity contribution in [3.8, 4) is 11.9 Å². The van der Waals surface area contributed by atoms with E-state index in [-0.39, 0.29) is 0 Å². The number of nitrogens with zero attached hydrogens (tertiary/aromatic N) is 1. The molecular formula is C16H24N2O. The Hall–Kier alpha value is -1.69. The second-order valence-electron chi connectivity index (χ2n) is 4.93. The Balaban J connectivity index is 0.000000399. The van der Waals surface area contributed by atoms with E-state index in [1.807, 2.05) is 0 Å². The van der Waals surface area contributed by atoms with Gasteiger partial charge in [-0.05, 0) is 42.4 Å². The van der Waals surface area contributed by atoms with Crippen LogP contribution in [-0.2, 0) is 5.41 Å². The number of methoxy groups -OCH3 is 1. The summed E-state index contributed by atoms with van der Waals surface area (Å²) in [5, 5.41) is 9.75. The van der Waals surface area contributed by atoms with Gasteiger partial charge in [0.2, 0.25) is 0 Å². The van der Waals surface area contributed by atoms with Crippen molar-refractivity contribution in [3.63, 3.8) is 0 Å². The highest BCUT2D eigenvalue weighted by atomic mass is 16.5.